The van der Waals surface area contributed by atoms with Crippen LogP contribution < -0.4 is 15.4 Å². The van der Waals surface area contributed by atoms with Gasteiger partial charge in [0.15, 0.2) is 0 Å². The second-order valence-corrected chi connectivity index (χ2v) is 5.73. The highest BCUT2D eigenvalue weighted by Crippen LogP contribution is 2.24. The minimum absolute atomic E-state index is 0.0296. The van der Waals surface area contributed by atoms with Crippen LogP contribution in [0.25, 0.3) is 0 Å². The number of anilines is 1. The second kappa shape index (κ2) is 9.03. The number of carbonyl (C=O) groups is 1. The van der Waals surface area contributed by atoms with Gasteiger partial charge in [-0.15, -0.1) is 0 Å². The number of benzene rings is 2. The SMILES string of the molecule is CC(C)Oc1ccccc1NC(=O)CNCCc1ccccc1F. The van der Waals surface area contributed by atoms with Gasteiger partial charge in [-0.1, -0.05) is 30.3 Å². The molecule has 5 heteroatoms. The molecule has 2 aromatic rings. The molecule has 0 bridgehead atoms. The molecule has 2 aromatic carbocycles. The molecule has 0 atom stereocenters. The van der Waals surface area contributed by atoms with E-state index in [1.54, 1.807) is 24.3 Å². The third kappa shape index (κ3) is 5.66. The molecule has 0 saturated heterocycles. The summed E-state index contributed by atoms with van der Waals surface area (Å²) in [6.45, 7) is 4.55. The Hall–Kier alpha value is -2.40. The normalized spacial score (nSPS) is 10.7. The lowest BCUT2D eigenvalue weighted by Gasteiger charge is -2.15. The molecule has 24 heavy (non-hydrogen) atoms. The summed E-state index contributed by atoms with van der Waals surface area (Å²) < 4.78 is 19.2. The first-order valence-electron chi connectivity index (χ1n) is 8.06. The molecule has 128 valence electrons. The van der Waals surface area contributed by atoms with Gasteiger partial charge in [0.2, 0.25) is 5.91 Å². The predicted molar refractivity (Wildman–Crippen MR) is 93.8 cm³/mol. The van der Waals surface area contributed by atoms with E-state index >= 15 is 0 Å². The van der Waals surface area contributed by atoms with Crippen LogP contribution in [0.15, 0.2) is 48.5 Å². The summed E-state index contributed by atoms with van der Waals surface area (Å²) in [6, 6.07) is 14.0. The van der Waals surface area contributed by atoms with Gasteiger partial charge in [-0.05, 0) is 50.6 Å². The van der Waals surface area contributed by atoms with Crippen molar-refractivity contribution in [1.29, 1.82) is 0 Å². The maximum atomic E-state index is 13.5. The van der Waals surface area contributed by atoms with Crippen LogP contribution in [0, 0.1) is 5.82 Å². The van der Waals surface area contributed by atoms with Crippen LogP contribution in [0.4, 0.5) is 10.1 Å². The number of hydrogen-bond acceptors (Lipinski definition) is 3. The molecule has 1 amide bonds. The van der Waals surface area contributed by atoms with E-state index < -0.39 is 0 Å². The minimum Gasteiger partial charge on any atom is -0.489 e. The van der Waals surface area contributed by atoms with Crippen molar-refractivity contribution in [2.75, 3.05) is 18.4 Å². The largest absolute Gasteiger partial charge is 0.489 e. The fourth-order valence-corrected chi connectivity index (χ4v) is 2.25. The molecule has 0 aliphatic carbocycles. The van der Waals surface area contributed by atoms with E-state index in [9.17, 15) is 9.18 Å². The van der Waals surface area contributed by atoms with Gasteiger partial charge in [-0.25, -0.2) is 4.39 Å². The van der Waals surface area contributed by atoms with Crippen molar-refractivity contribution < 1.29 is 13.9 Å². The van der Waals surface area contributed by atoms with Crippen LogP contribution in [0.3, 0.4) is 0 Å². The molecule has 0 unspecified atom stereocenters. The maximum Gasteiger partial charge on any atom is 0.238 e. The maximum absolute atomic E-state index is 13.5. The van der Waals surface area contributed by atoms with Crippen LogP contribution in [0.1, 0.15) is 19.4 Å². The molecule has 0 aromatic heterocycles. The first-order chi connectivity index (χ1) is 11.6. The summed E-state index contributed by atoms with van der Waals surface area (Å²) >= 11 is 0. The number of carbonyl (C=O) groups excluding carboxylic acids is 1. The average molecular weight is 330 g/mol. The first-order valence-corrected chi connectivity index (χ1v) is 8.06. The van der Waals surface area contributed by atoms with Gasteiger partial charge in [0, 0.05) is 0 Å². The van der Waals surface area contributed by atoms with Gasteiger partial charge < -0.3 is 15.4 Å². The molecular formula is C19H23FN2O2. The number of halogens is 1. The Balaban J connectivity index is 1.79. The lowest BCUT2D eigenvalue weighted by molar-refractivity contribution is -0.115. The zero-order valence-corrected chi connectivity index (χ0v) is 14.0. The molecule has 0 fully saturated rings. The average Bonchev–Trinajstić information content (AvgIpc) is 2.54. The van der Waals surface area contributed by atoms with Gasteiger partial charge >= 0.3 is 0 Å². The van der Waals surface area contributed by atoms with Gasteiger partial charge in [-0.3, -0.25) is 4.79 Å². The number of ether oxygens (including phenoxy) is 1. The summed E-state index contributed by atoms with van der Waals surface area (Å²) in [6.07, 6.45) is 0.564. The van der Waals surface area contributed by atoms with Crippen LogP contribution in [-0.4, -0.2) is 25.1 Å². The Morgan fingerprint density at radius 1 is 1.12 bits per heavy atom. The zero-order valence-electron chi connectivity index (χ0n) is 14.0. The minimum atomic E-state index is -0.219. The number of nitrogens with one attached hydrogen (secondary N) is 2. The summed E-state index contributed by atoms with van der Waals surface area (Å²) in [5.74, 6) is 0.263. The van der Waals surface area contributed by atoms with Gasteiger partial charge in [0.1, 0.15) is 11.6 Å². The van der Waals surface area contributed by atoms with Crippen molar-refractivity contribution in [3.8, 4) is 5.75 Å². The fraction of sp³-hybridized carbons (Fsp3) is 0.316. The van der Waals surface area contributed by atoms with Crippen LogP contribution in [-0.2, 0) is 11.2 Å². The first kappa shape index (κ1) is 17.9. The summed E-state index contributed by atoms with van der Waals surface area (Å²) in [5, 5.41) is 5.85. The van der Waals surface area contributed by atoms with E-state index in [2.05, 4.69) is 10.6 Å². The molecule has 0 radical (unpaired) electrons. The Morgan fingerprint density at radius 2 is 1.83 bits per heavy atom. The molecule has 2 rings (SSSR count). The van der Waals surface area contributed by atoms with E-state index in [-0.39, 0.29) is 24.4 Å². The van der Waals surface area contributed by atoms with E-state index in [0.29, 0.717) is 30.0 Å². The highest BCUT2D eigenvalue weighted by molar-refractivity contribution is 5.93. The molecule has 2 N–H and O–H groups in total. The third-order valence-electron chi connectivity index (χ3n) is 3.34. The molecule has 0 aliphatic rings. The lowest BCUT2D eigenvalue weighted by Crippen LogP contribution is -2.29. The number of amides is 1. The predicted octanol–water partition coefficient (Wildman–Crippen LogP) is 3.38. The Labute approximate surface area is 142 Å². The van der Waals surface area contributed by atoms with Crippen LogP contribution in [0.2, 0.25) is 0 Å². The molecule has 0 saturated carbocycles. The second-order valence-electron chi connectivity index (χ2n) is 5.73. The number of hydrogen-bond donors (Lipinski definition) is 2. The van der Waals surface area contributed by atoms with Crippen molar-refractivity contribution in [2.24, 2.45) is 0 Å². The summed E-state index contributed by atoms with van der Waals surface area (Å²) in [5.41, 5.74) is 1.29. The van der Waals surface area contributed by atoms with Crippen LogP contribution >= 0.6 is 0 Å². The van der Waals surface area contributed by atoms with Gasteiger partial charge in [0.05, 0.1) is 18.3 Å². The number of rotatable bonds is 8. The van der Waals surface area contributed by atoms with E-state index in [4.69, 9.17) is 4.74 Å². The topological polar surface area (TPSA) is 50.4 Å². The summed E-state index contributed by atoms with van der Waals surface area (Å²) in [7, 11) is 0. The van der Waals surface area contributed by atoms with Crippen LogP contribution in [0.5, 0.6) is 5.75 Å². The van der Waals surface area contributed by atoms with Crippen molar-refractivity contribution in [1.82, 2.24) is 5.32 Å². The molecule has 0 heterocycles. The standard InChI is InChI=1S/C19H23FN2O2/c1-14(2)24-18-10-6-5-9-17(18)22-19(23)13-21-12-11-15-7-3-4-8-16(15)20/h3-10,14,21H,11-13H2,1-2H3,(H,22,23). The van der Waals surface area contributed by atoms with E-state index in [0.717, 1.165) is 0 Å². The lowest BCUT2D eigenvalue weighted by atomic mass is 10.1. The van der Waals surface area contributed by atoms with Crippen molar-refractivity contribution in [2.45, 2.75) is 26.4 Å². The fourth-order valence-electron chi connectivity index (χ4n) is 2.25. The smallest absolute Gasteiger partial charge is 0.238 e. The molecule has 0 spiro atoms. The highest BCUT2D eigenvalue weighted by atomic mass is 19.1. The van der Waals surface area contributed by atoms with Crippen molar-refractivity contribution in [3.63, 3.8) is 0 Å². The molecule has 0 aliphatic heterocycles. The van der Waals surface area contributed by atoms with Gasteiger partial charge in [0.25, 0.3) is 0 Å². The van der Waals surface area contributed by atoms with E-state index in [1.165, 1.54) is 6.07 Å². The Bertz CT molecular complexity index is 674. The quantitative estimate of drug-likeness (QED) is 0.730. The monoisotopic (exact) mass is 330 g/mol. The number of para-hydroxylation sites is 2. The van der Waals surface area contributed by atoms with Gasteiger partial charge in [-0.2, -0.15) is 0 Å². The van der Waals surface area contributed by atoms with Crippen molar-refractivity contribution in [3.05, 3.63) is 59.9 Å². The summed E-state index contributed by atoms with van der Waals surface area (Å²) in [4.78, 5) is 12.0. The molecular weight excluding hydrogens is 307 g/mol. The molecule has 4 nitrogen and oxygen atoms in total. The Morgan fingerprint density at radius 3 is 2.58 bits per heavy atom. The third-order valence-corrected chi connectivity index (χ3v) is 3.34. The highest BCUT2D eigenvalue weighted by Gasteiger charge is 2.08. The Kier molecular flexibility index (Phi) is 6.75. The van der Waals surface area contributed by atoms with E-state index in [1.807, 2.05) is 32.0 Å². The zero-order chi connectivity index (χ0) is 17.4. The van der Waals surface area contributed by atoms with Crippen molar-refractivity contribution >= 4 is 11.6 Å².